The molecule has 0 atom stereocenters. The van der Waals surface area contributed by atoms with Crippen LogP contribution in [0.15, 0.2) is 54.6 Å². The molecular formula is C16H15F3O. The van der Waals surface area contributed by atoms with Crippen LogP contribution < -0.4 is 0 Å². The molecule has 0 aliphatic carbocycles. The Balaban J connectivity index is 0.000000612. The normalized spacial score (nSPS) is 10.4. The molecular weight excluding hydrogens is 265 g/mol. The number of aldehydes is 1. The molecule has 0 radical (unpaired) electrons. The van der Waals surface area contributed by atoms with Gasteiger partial charge in [0.15, 0.2) is 0 Å². The minimum absolute atomic E-state index is 0.602. The molecule has 0 heterocycles. The maximum absolute atomic E-state index is 12.3. The fourth-order valence-corrected chi connectivity index (χ4v) is 1.64. The predicted molar refractivity (Wildman–Crippen MR) is 72.4 cm³/mol. The summed E-state index contributed by atoms with van der Waals surface area (Å²) in [5.74, 6) is 0. The first-order chi connectivity index (χ1) is 9.47. The minimum atomic E-state index is -4.26. The fraction of sp³-hybridized carbons (Fsp3) is 0.188. The van der Waals surface area contributed by atoms with Crippen LogP contribution in [0.4, 0.5) is 13.2 Å². The molecule has 0 spiro atoms. The Bertz CT molecular complexity index is 516. The van der Waals surface area contributed by atoms with Crippen molar-refractivity contribution < 1.29 is 18.0 Å². The second-order valence-electron chi connectivity index (χ2n) is 4.09. The van der Waals surface area contributed by atoms with E-state index in [0.29, 0.717) is 6.42 Å². The maximum Gasteiger partial charge on any atom is 0.416 e. The number of halogens is 3. The molecule has 0 unspecified atom stereocenters. The number of hydrogen-bond donors (Lipinski definition) is 0. The van der Waals surface area contributed by atoms with Crippen molar-refractivity contribution in [1.82, 2.24) is 0 Å². The summed E-state index contributed by atoms with van der Waals surface area (Å²) in [5, 5.41) is 0. The highest BCUT2D eigenvalue weighted by Crippen LogP contribution is 2.29. The van der Waals surface area contributed by atoms with E-state index in [4.69, 9.17) is 4.79 Å². The summed E-state index contributed by atoms with van der Waals surface area (Å²) in [7, 11) is 0. The molecule has 0 bridgehead atoms. The molecule has 0 aliphatic heterocycles. The van der Waals surface area contributed by atoms with E-state index in [1.54, 1.807) is 0 Å². The molecule has 4 heteroatoms. The second-order valence-corrected chi connectivity index (χ2v) is 4.09. The molecule has 2 aromatic rings. The van der Waals surface area contributed by atoms with Crippen molar-refractivity contribution in [2.45, 2.75) is 19.5 Å². The van der Waals surface area contributed by atoms with E-state index in [2.05, 4.69) is 0 Å². The summed E-state index contributed by atoms with van der Waals surface area (Å²) < 4.78 is 37.0. The first kappa shape index (κ1) is 16.0. The Morgan fingerprint density at radius 1 is 0.900 bits per heavy atom. The van der Waals surface area contributed by atoms with Gasteiger partial charge in [-0.15, -0.1) is 0 Å². The SMILES string of the molecule is CC=O.FC(F)(F)c1ccc(Cc2ccccc2)cc1. The van der Waals surface area contributed by atoms with Crippen molar-refractivity contribution in [2.24, 2.45) is 0 Å². The summed E-state index contributed by atoms with van der Waals surface area (Å²) in [5.41, 5.74) is 1.37. The summed E-state index contributed by atoms with van der Waals surface area (Å²) >= 11 is 0. The van der Waals surface area contributed by atoms with Crippen LogP contribution in [0.1, 0.15) is 23.6 Å². The van der Waals surface area contributed by atoms with Crippen LogP contribution in [-0.4, -0.2) is 6.29 Å². The topological polar surface area (TPSA) is 17.1 Å². The Hall–Kier alpha value is -2.10. The Labute approximate surface area is 116 Å². The van der Waals surface area contributed by atoms with Crippen molar-refractivity contribution in [3.63, 3.8) is 0 Å². The highest BCUT2D eigenvalue weighted by atomic mass is 19.4. The molecule has 2 rings (SSSR count). The van der Waals surface area contributed by atoms with Crippen LogP contribution in [0.2, 0.25) is 0 Å². The third-order valence-electron chi connectivity index (χ3n) is 2.53. The summed E-state index contributed by atoms with van der Waals surface area (Å²) in [6, 6.07) is 15.0. The van der Waals surface area contributed by atoms with Crippen LogP contribution in [0.25, 0.3) is 0 Å². The van der Waals surface area contributed by atoms with Gasteiger partial charge in [-0.3, -0.25) is 0 Å². The van der Waals surface area contributed by atoms with E-state index in [9.17, 15) is 13.2 Å². The van der Waals surface area contributed by atoms with Gasteiger partial charge in [0.25, 0.3) is 0 Å². The van der Waals surface area contributed by atoms with Crippen molar-refractivity contribution in [1.29, 1.82) is 0 Å². The molecule has 0 aromatic heterocycles. The van der Waals surface area contributed by atoms with Crippen LogP contribution in [0.5, 0.6) is 0 Å². The van der Waals surface area contributed by atoms with E-state index >= 15 is 0 Å². The third-order valence-corrected chi connectivity index (χ3v) is 2.53. The average Bonchev–Trinajstić information content (AvgIpc) is 2.40. The molecule has 0 saturated carbocycles. The Morgan fingerprint density at radius 2 is 1.35 bits per heavy atom. The number of alkyl halides is 3. The predicted octanol–water partition coefficient (Wildman–Crippen LogP) is 4.50. The molecule has 0 aliphatic rings. The van der Waals surface area contributed by atoms with Crippen molar-refractivity contribution >= 4 is 6.29 Å². The fourth-order valence-electron chi connectivity index (χ4n) is 1.64. The van der Waals surface area contributed by atoms with Gasteiger partial charge in [-0.2, -0.15) is 13.2 Å². The van der Waals surface area contributed by atoms with Crippen LogP contribution in [-0.2, 0) is 17.4 Å². The van der Waals surface area contributed by atoms with Gasteiger partial charge < -0.3 is 4.79 Å². The lowest BCUT2D eigenvalue weighted by Crippen LogP contribution is -2.04. The molecule has 0 N–H and O–H groups in total. The summed E-state index contributed by atoms with van der Waals surface area (Å²) in [4.78, 5) is 8.81. The molecule has 0 amide bonds. The van der Waals surface area contributed by atoms with Crippen molar-refractivity contribution in [3.05, 3.63) is 71.3 Å². The molecule has 0 saturated heterocycles. The largest absolute Gasteiger partial charge is 0.416 e. The van der Waals surface area contributed by atoms with Crippen LogP contribution >= 0.6 is 0 Å². The van der Waals surface area contributed by atoms with Gasteiger partial charge in [0.05, 0.1) is 5.56 Å². The van der Waals surface area contributed by atoms with Crippen LogP contribution in [0, 0.1) is 0 Å². The van der Waals surface area contributed by atoms with E-state index in [1.807, 2.05) is 30.3 Å². The van der Waals surface area contributed by atoms with Gasteiger partial charge in [-0.05, 0) is 36.6 Å². The Morgan fingerprint density at radius 3 is 1.80 bits per heavy atom. The average molecular weight is 280 g/mol. The van der Waals surface area contributed by atoms with Gasteiger partial charge in [-0.1, -0.05) is 42.5 Å². The van der Waals surface area contributed by atoms with Crippen molar-refractivity contribution in [2.75, 3.05) is 0 Å². The number of carbonyl (C=O) groups is 1. The van der Waals surface area contributed by atoms with Crippen molar-refractivity contribution in [3.8, 4) is 0 Å². The summed E-state index contributed by atoms with van der Waals surface area (Å²) in [6.07, 6.45) is -2.86. The van der Waals surface area contributed by atoms with Gasteiger partial charge in [-0.25, -0.2) is 0 Å². The molecule has 1 nitrogen and oxygen atoms in total. The highest BCUT2D eigenvalue weighted by molar-refractivity contribution is 5.44. The smallest absolute Gasteiger partial charge is 0.304 e. The quantitative estimate of drug-likeness (QED) is 0.740. The number of rotatable bonds is 2. The minimum Gasteiger partial charge on any atom is -0.304 e. The Kier molecular flexibility index (Phi) is 5.97. The van der Waals surface area contributed by atoms with Gasteiger partial charge in [0.1, 0.15) is 6.29 Å². The van der Waals surface area contributed by atoms with E-state index in [0.717, 1.165) is 29.5 Å². The zero-order valence-electron chi connectivity index (χ0n) is 11.0. The van der Waals surface area contributed by atoms with Crippen LogP contribution in [0.3, 0.4) is 0 Å². The lowest BCUT2D eigenvalue weighted by atomic mass is 10.0. The highest BCUT2D eigenvalue weighted by Gasteiger charge is 2.29. The lowest BCUT2D eigenvalue weighted by Gasteiger charge is -2.07. The number of carbonyl (C=O) groups excluding carboxylic acids is 1. The first-order valence-electron chi connectivity index (χ1n) is 6.07. The molecule has 0 fully saturated rings. The van der Waals surface area contributed by atoms with Gasteiger partial charge >= 0.3 is 6.18 Å². The van der Waals surface area contributed by atoms with E-state index in [-0.39, 0.29) is 0 Å². The third kappa shape index (κ3) is 5.26. The zero-order valence-corrected chi connectivity index (χ0v) is 11.0. The monoisotopic (exact) mass is 280 g/mol. The molecule has 20 heavy (non-hydrogen) atoms. The number of benzene rings is 2. The lowest BCUT2D eigenvalue weighted by molar-refractivity contribution is -0.137. The molecule has 106 valence electrons. The van der Waals surface area contributed by atoms with E-state index < -0.39 is 11.7 Å². The molecule has 2 aromatic carbocycles. The second kappa shape index (κ2) is 7.48. The van der Waals surface area contributed by atoms with Gasteiger partial charge in [0.2, 0.25) is 0 Å². The number of hydrogen-bond acceptors (Lipinski definition) is 1. The maximum atomic E-state index is 12.3. The van der Waals surface area contributed by atoms with E-state index in [1.165, 1.54) is 19.1 Å². The van der Waals surface area contributed by atoms with Gasteiger partial charge in [0, 0.05) is 0 Å². The standard InChI is InChI=1S/C14H11F3.C2H4O/c15-14(16,17)13-8-6-12(7-9-13)10-11-4-2-1-3-5-11;1-2-3/h1-9H,10H2;2H,1H3. The summed E-state index contributed by atoms with van der Waals surface area (Å²) in [6.45, 7) is 1.44. The first-order valence-corrected chi connectivity index (χ1v) is 6.07. The zero-order chi connectivity index (χ0) is 15.0.